The largest absolute Gasteiger partial charge is 0.507 e. The second-order valence-corrected chi connectivity index (χ2v) is 9.55. The molecule has 41 heavy (non-hydrogen) atoms. The first-order chi connectivity index (χ1) is 19.8. The summed E-state index contributed by atoms with van der Waals surface area (Å²) in [5.74, 6) is -0.874. The van der Waals surface area contributed by atoms with Gasteiger partial charge in [-0.1, -0.05) is 37.6 Å². The van der Waals surface area contributed by atoms with Gasteiger partial charge in [0.05, 0.1) is 22.4 Å². The zero-order valence-corrected chi connectivity index (χ0v) is 22.5. The van der Waals surface area contributed by atoms with E-state index < -0.39 is 11.6 Å². The van der Waals surface area contributed by atoms with Crippen molar-refractivity contribution in [3.63, 3.8) is 0 Å². The van der Waals surface area contributed by atoms with Crippen LogP contribution in [0.25, 0.3) is 0 Å². The van der Waals surface area contributed by atoms with Gasteiger partial charge in [-0.05, 0) is 49.7 Å². The van der Waals surface area contributed by atoms with Crippen LogP contribution in [0.2, 0.25) is 0 Å². The van der Waals surface area contributed by atoms with Crippen LogP contribution in [-0.2, 0) is 0 Å². The third-order valence-electron chi connectivity index (χ3n) is 6.85. The van der Waals surface area contributed by atoms with E-state index in [1.165, 1.54) is 24.3 Å². The number of hydrogen-bond donors (Lipinski definition) is 4. The number of benzene rings is 3. The molecule has 0 atom stereocenters. The molecule has 204 valence electrons. The molecule has 4 aromatic rings. The molecule has 5 rings (SSSR count). The number of ketones is 2. The summed E-state index contributed by atoms with van der Waals surface area (Å²) in [6.45, 7) is 4.71. The number of pyridine rings is 1. The molecule has 0 fully saturated rings. The summed E-state index contributed by atoms with van der Waals surface area (Å²) in [6, 6.07) is 18.8. The number of nitrogens with two attached hydrogens (primary N) is 1. The minimum absolute atomic E-state index is 0.0347. The van der Waals surface area contributed by atoms with Crippen molar-refractivity contribution < 1.29 is 14.7 Å². The van der Waals surface area contributed by atoms with E-state index in [0.29, 0.717) is 5.56 Å². The van der Waals surface area contributed by atoms with E-state index in [1.54, 1.807) is 19.1 Å². The highest BCUT2D eigenvalue weighted by Crippen LogP contribution is 2.39. The van der Waals surface area contributed by atoms with Crippen LogP contribution in [0, 0.1) is 18.3 Å². The number of unbranched alkanes of at least 4 members (excludes halogenated alkanes) is 1. The molecule has 0 saturated heterocycles. The van der Waals surface area contributed by atoms with Gasteiger partial charge in [0, 0.05) is 34.6 Å². The van der Waals surface area contributed by atoms with Gasteiger partial charge in [-0.25, -0.2) is 4.98 Å². The molecule has 1 aliphatic rings. The number of hydrogen-bond acceptors (Lipinski definition) is 10. The van der Waals surface area contributed by atoms with Crippen molar-refractivity contribution in [1.82, 2.24) is 4.98 Å². The zero-order valence-electron chi connectivity index (χ0n) is 22.5. The van der Waals surface area contributed by atoms with Crippen molar-refractivity contribution in [2.75, 3.05) is 22.9 Å². The van der Waals surface area contributed by atoms with Crippen molar-refractivity contribution in [3.05, 3.63) is 94.0 Å². The first-order valence-corrected chi connectivity index (χ1v) is 13.1. The fourth-order valence-electron chi connectivity index (χ4n) is 4.68. The Morgan fingerprint density at radius 2 is 1.61 bits per heavy atom. The lowest BCUT2D eigenvalue weighted by Crippen LogP contribution is -2.21. The Bertz CT molecular complexity index is 1760. The van der Waals surface area contributed by atoms with E-state index in [-0.39, 0.29) is 56.6 Å². The Morgan fingerprint density at radius 1 is 0.951 bits per heavy atom. The van der Waals surface area contributed by atoms with Crippen molar-refractivity contribution in [2.24, 2.45) is 10.2 Å². The molecule has 0 bridgehead atoms. The van der Waals surface area contributed by atoms with Crippen molar-refractivity contribution in [2.45, 2.75) is 26.7 Å². The van der Waals surface area contributed by atoms with Crippen LogP contribution in [0.15, 0.2) is 70.9 Å². The van der Waals surface area contributed by atoms with Crippen LogP contribution < -0.4 is 16.4 Å². The smallest absolute Gasteiger partial charge is 0.198 e. The highest BCUT2D eigenvalue weighted by molar-refractivity contribution is 6.30. The van der Waals surface area contributed by atoms with Gasteiger partial charge in [-0.15, -0.1) is 10.2 Å². The van der Waals surface area contributed by atoms with Gasteiger partial charge < -0.3 is 21.5 Å². The quantitative estimate of drug-likeness (QED) is 0.123. The molecular weight excluding hydrogens is 518 g/mol. The van der Waals surface area contributed by atoms with Gasteiger partial charge in [0.25, 0.3) is 0 Å². The fourth-order valence-corrected chi connectivity index (χ4v) is 4.68. The van der Waals surface area contributed by atoms with E-state index in [1.807, 2.05) is 24.3 Å². The molecule has 3 aromatic carbocycles. The summed E-state index contributed by atoms with van der Waals surface area (Å²) in [4.78, 5) is 30.8. The van der Waals surface area contributed by atoms with E-state index in [4.69, 9.17) is 5.73 Å². The number of nitrogen functional groups attached to an aromatic ring is 1. The van der Waals surface area contributed by atoms with Crippen molar-refractivity contribution >= 4 is 46.0 Å². The van der Waals surface area contributed by atoms with Crippen LogP contribution in [0.3, 0.4) is 0 Å². The lowest BCUT2D eigenvalue weighted by molar-refractivity contribution is 0.0977. The highest BCUT2D eigenvalue weighted by Gasteiger charge is 2.33. The van der Waals surface area contributed by atoms with Crippen molar-refractivity contribution in [3.8, 4) is 11.8 Å². The minimum Gasteiger partial charge on any atom is -0.507 e. The number of anilines is 4. The summed E-state index contributed by atoms with van der Waals surface area (Å²) in [7, 11) is 0. The maximum atomic E-state index is 13.3. The third kappa shape index (κ3) is 5.08. The summed E-state index contributed by atoms with van der Waals surface area (Å²) >= 11 is 0. The van der Waals surface area contributed by atoms with Crippen LogP contribution in [0.5, 0.6) is 5.75 Å². The number of carbonyl (C=O) groups is 2. The molecule has 10 nitrogen and oxygen atoms in total. The maximum Gasteiger partial charge on any atom is 0.198 e. The van der Waals surface area contributed by atoms with Crippen LogP contribution >= 0.6 is 0 Å². The summed E-state index contributed by atoms with van der Waals surface area (Å²) in [5.41, 5.74) is 9.25. The first-order valence-electron chi connectivity index (χ1n) is 13.1. The SMILES string of the molecule is CCCCNc1ccc(Nc2nc(N)c(/N=N/c3cccc4c3C(=O)c3cccc(O)c3C4=O)c(C)c2C#N)cc1. The van der Waals surface area contributed by atoms with Gasteiger partial charge in [0.1, 0.15) is 17.5 Å². The van der Waals surface area contributed by atoms with Gasteiger partial charge in [0.15, 0.2) is 23.2 Å². The molecule has 1 heterocycles. The molecule has 1 aliphatic carbocycles. The predicted molar refractivity (Wildman–Crippen MR) is 157 cm³/mol. The van der Waals surface area contributed by atoms with Crippen LogP contribution in [0.1, 0.15) is 62.7 Å². The molecule has 0 aliphatic heterocycles. The normalized spacial score (nSPS) is 12.1. The van der Waals surface area contributed by atoms with E-state index in [9.17, 15) is 20.0 Å². The van der Waals surface area contributed by atoms with E-state index >= 15 is 0 Å². The molecule has 0 spiro atoms. The topological polar surface area (TPSA) is 166 Å². The Kier molecular flexibility index (Phi) is 7.43. The Labute approximate surface area is 236 Å². The molecule has 0 unspecified atom stereocenters. The van der Waals surface area contributed by atoms with E-state index in [0.717, 1.165) is 30.8 Å². The summed E-state index contributed by atoms with van der Waals surface area (Å²) in [5, 5.41) is 35.1. The second-order valence-electron chi connectivity index (χ2n) is 9.55. The lowest BCUT2D eigenvalue weighted by atomic mass is 9.83. The maximum absolute atomic E-state index is 13.3. The number of aromatic nitrogens is 1. The number of nitriles is 1. The summed E-state index contributed by atoms with van der Waals surface area (Å²) in [6.07, 6.45) is 2.19. The number of phenolic OH excluding ortho intramolecular Hbond substituents is 1. The monoisotopic (exact) mass is 545 g/mol. The number of carbonyl (C=O) groups excluding carboxylic acids is 2. The number of rotatable bonds is 8. The zero-order chi connectivity index (χ0) is 29.1. The van der Waals surface area contributed by atoms with Gasteiger partial charge >= 0.3 is 0 Å². The van der Waals surface area contributed by atoms with Gasteiger partial charge in [0.2, 0.25) is 0 Å². The highest BCUT2D eigenvalue weighted by atomic mass is 16.3. The number of aromatic hydroxyl groups is 1. The second kappa shape index (κ2) is 11.3. The Morgan fingerprint density at radius 3 is 2.32 bits per heavy atom. The molecule has 0 radical (unpaired) electrons. The molecule has 10 heteroatoms. The average Bonchev–Trinajstić information content (AvgIpc) is 2.96. The predicted octanol–water partition coefficient (Wildman–Crippen LogP) is 6.70. The molecule has 0 saturated carbocycles. The number of nitrogens with zero attached hydrogens (tertiary/aromatic N) is 4. The number of azo groups is 1. The average molecular weight is 546 g/mol. The standard InChI is InChI=1S/C31H27N7O3/c1-3-4-15-34-18-11-13-19(14-12-18)35-31-22(16-32)17(2)27(30(33)36-31)38-37-23-9-5-7-20-25(23)28(40)21-8-6-10-24(39)26(21)29(20)41/h5-14,34,39H,3-4,15H2,1-2H3,(H3,33,35,36)/b38-37+. The Balaban J connectivity index is 1.45. The molecule has 1 aromatic heterocycles. The molecular formula is C31H27N7O3. The summed E-state index contributed by atoms with van der Waals surface area (Å²) < 4.78 is 0. The molecule has 5 N–H and O–H groups in total. The third-order valence-corrected chi connectivity index (χ3v) is 6.85. The van der Waals surface area contributed by atoms with Crippen LogP contribution in [0.4, 0.5) is 34.4 Å². The van der Waals surface area contributed by atoms with Gasteiger partial charge in [-0.3, -0.25) is 9.59 Å². The fraction of sp³-hybridized carbons (Fsp3) is 0.161. The van der Waals surface area contributed by atoms with Crippen molar-refractivity contribution in [1.29, 1.82) is 5.26 Å². The minimum atomic E-state index is -0.478. The Hall–Kier alpha value is -5.56. The lowest BCUT2D eigenvalue weighted by Gasteiger charge is -2.19. The van der Waals surface area contributed by atoms with Crippen LogP contribution in [-0.4, -0.2) is 28.2 Å². The van der Waals surface area contributed by atoms with E-state index in [2.05, 4.69) is 38.8 Å². The van der Waals surface area contributed by atoms with Gasteiger partial charge in [-0.2, -0.15) is 5.26 Å². The number of phenols is 1. The number of nitrogens with one attached hydrogen (secondary N) is 2. The molecule has 0 amide bonds. The number of fused-ring (bicyclic) bond motifs is 2. The first kappa shape index (κ1) is 27.0.